The maximum Gasteiger partial charge on any atom is 0.153 e. The Kier molecular flexibility index (Phi) is 2.35. The Hall–Kier alpha value is -1.19. The van der Waals surface area contributed by atoms with Gasteiger partial charge in [0, 0.05) is 5.56 Å². The van der Waals surface area contributed by atoms with Gasteiger partial charge in [-0.2, -0.15) is 0 Å². The summed E-state index contributed by atoms with van der Waals surface area (Å²) in [5.74, 6) is 0. The molecule has 74 valence electrons. The summed E-state index contributed by atoms with van der Waals surface area (Å²) in [5, 5.41) is 0. The fraction of sp³-hybridized carbons (Fsp3) is 0.364. The quantitative estimate of drug-likeness (QED) is 0.664. The van der Waals surface area contributed by atoms with Crippen LogP contribution in [0.5, 0.6) is 0 Å². The summed E-state index contributed by atoms with van der Waals surface area (Å²) < 4.78 is 5.60. The van der Waals surface area contributed by atoms with Gasteiger partial charge in [0.2, 0.25) is 0 Å². The van der Waals surface area contributed by atoms with Crippen LogP contribution in [0.4, 0.5) is 0 Å². The molecule has 0 saturated carbocycles. The standard InChI is InChI=1S/C11H13NO2/c1-12(2)11-9-6-4-3-5-8(9)10(7-13)14-11/h3-7,10-11H,1-2H3. The second-order valence-electron chi connectivity index (χ2n) is 3.64. The summed E-state index contributed by atoms with van der Waals surface area (Å²) in [5.41, 5.74) is 2.08. The molecule has 2 rings (SSSR count). The minimum atomic E-state index is -0.404. The number of hydrogen-bond donors (Lipinski definition) is 0. The molecule has 0 N–H and O–H groups in total. The Balaban J connectivity index is 2.43. The van der Waals surface area contributed by atoms with E-state index < -0.39 is 6.10 Å². The number of rotatable bonds is 2. The molecule has 0 spiro atoms. The van der Waals surface area contributed by atoms with E-state index in [2.05, 4.69) is 0 Å². The molecule has 1 aliphatic rings. The first kappa shape index (κ1) is 9.37. The molecule has 1 aromatic carbocycles. The van der Waals surface area contributed by atoms with E-state index >= 15 is 0 Å². The molecular formula is C11H13NO2. The molecule has 1 aliphatic heterocycles. The van der Waals surface area contributed by atoms with E-state index in [1.165, 1.54) is 0 Å². The van der Waals surface area contributed by atoms with Gasteiger partial charge >= 0.3 is 0 Å². The van der Waals surface area contributed by atoms with Gasteiger partial charge in [-0.3, -0.25) is 4.90 Å². The number of fused-ring (bicyclic) bond motifs is 1. The summed E-state index contributed by atoms with van der Waals surface area (Å²) in [6.07, 6.45) is 0.350. The molecule has 2 atom stereocenters. The largest absolute Gasteiger partial charge is 0.343 e. The van der Waals surface area contributed by atoms with Crippen molar-refractivity contribution in [1.29, 1.82) is 0 Å². The molecule has 2 unspecified atom stereocenters. The van der Waals surface area contributed by atoms with Crippen molar-refractivity contribution in [2.24, 2.45) is 0 Å². The van der Waals surface area contributed by atoms with Gasteiger partial charge in [0.05, 0.1) is 0 Å². The van der Waals surface area contributed by atoms with Crippen LogP contribution in [0.15, 0.2) is 24.3 Å². The van der Waals surface area contributed by atoms with Crippen LogP contribution in [0.1, 0.15) is 23.5 Å². The monoisotopic (exact) mass is 191 g/mol. The third-order valence-electron chi connectivity index (χ3n) is 2.44. The lowest BCUT2D eigenvalue weighted by Crippen LogP contribution is -2.19. The number of benzene rings is 1. The van der Waals surface area contributed by atoms with Crippen LogP contribution in [-0.4, -0.2) is 25.3 Å². The second kappa shape index (κ2) is 3.52. The van der Waals surface area contributed by atoms with Gasteiger partial charge in [0.1, 0.15) is 12.3 Å². The van der Waals surface area contributed by atoms with E-state index in [1.54, 1.807) is 0 Å². The van der Waals surface area contributed by atoms with Crippen LogP contribution >= 0.6 is 0 Å². The SMILES string of the molecule is CN(C)C1OC(C=O)c2ccccc21. The van der Waals surface area contributed by atoms with Crippen LogP contribution < -0.4 is 0 Å². The minimum absolute atomic E-state index is 0.0959. The minimum Gasteiger partial charge on any atom is -0.343 e. The molecule has 0 aliphatic carbocycles. The summed E-state index contributed by atoms with van der Waals surface area (Å²) >= 11 is 0. The number of carbonyl (C=O) groups excluding carboxylic acids is 1. The maximum atomic E-state index is 10.8. The molecule has 3 heteroatoms. The Morgan fingerprint density at radius 3 is 2.50 bits per heavy atom. The van der Waals surface area contributed by atoms with Gasteiger partial charge in [-0.1, -0.05) is 24.3 Å². The number of nitrogens with zero attached hydrogens (tertiary/aromatic N) is 1. The summed E-state index contributed by atoms with van der Waals surface area (Å²) in [6, 6.07) is 7.84. The highest BCUT2D eigenvalue weighted by Crippen LogP contribution is 2.38. The highest BCUT2D eigenvalue weighted by molar-refractivity contribution is 5.62. The Bertz CT molecular complexity index is 349. The maximum absolute atomic E-state index is 10.8. The Morgan fingerprint density at radius 1 is 1.29 bits per heavy atom. The van der Waals surface area contributed by atoms with Crippen molar-refractivity contribution in [2.45, 2.75) is 12.3 Å². The van der Waals surface area contributed by atoms with Gasteiger partial charge < -0.3 is 9.53 Å². The fourth-order valence-corrected chi connectivity index (χ4v) is 1.79. The molecule has 0 radical (unpaired) electrons. The van der Waals surface area contributed by atoms with Gasteiger partial charge in [-0.05, 0) is 19.7 Å². The molecule has 0 bridgehead atoms. The molecule has 1 aromatic rings. The summed E-state index contributed by atoms with van der Waals surface area (Å²) in [6.45, 7) is 0. The van der Waals surface area contributed by atoms with Crippen LogP contribution in [-0.2, 0) is 9.53 Å². The van der Waals surface area contributed by atoms with Crippen molar-refractivity contribution in [3.8, 4) is 0 Å². The third kappa shape index (κ3) is 1.35. The van der Waals surface area contributed by atoms with Gasteiger partial charge in [0.25, 0.3) is 0 Å². The van der Waals surface area contributed by atoms with Gasteiger partial charge in [-0.15, -0.1) is 0 Å². The molecule has 0 aromatic heterocycles. The molecule has 1 heterocycles. The lowest BCUT2D eigenvalue weighted by molar-refractivity contribution is -0.126. The summed E-state index contributed by atoms with van der Waals surface area (Å²) in [4.78, 5) is 12.8. The van der Waals surface area contributed by atoms with Crippen molar-refractivity contribution in [1.82, 2.24) is 4.90 Å². The zero-order valence-electron chi connectivity index (χ0n) is 8.31. The molecule has 14 heavy (non-hydrogen) atoms. The molecule has 0 fully saturated rings. The van der Waals surface area contributed by atoms with E-state index in [9.17, 15) is 4.79 Å². The van der Waals surface area contributed by atoms with Crippen molar-refractivity contribution >= 4 is 6.29 Å². The Morgan fingerprint density at radius 2 is 1.93 bits per heavy atom. The first-order valence-electron chi connectivity index (χ1n) is 4.60. The van der Waals surface area contributed by atoms with E-state index in [4.69, 9.17) is 4.74 Å². The van der Waals surface area contributed by atoms with Crippen molar-refractivity contribution < 1.29 is 9.53 Å². The van der Waals surface area contributed by atoms with Crippen LogP contribution in [0.2, 0.25) is 0 Å². The number of carbonyl (C=O) groups is 1. The van der Waals surface area contributed by atoms with Crippen LogP contribution in [0, 0.1) is 0 Å². The topological polar surface area (TPSA) is 29.5 Å². The zero-order valence-corrected chi connectivity index (χ0v) is 8.31. The zero-order chi connectivity index (χ0) is 10.1. The lowest BCUT2D eigenvalue weighted by Gasteiger charge is -2.19. The van der Waals surface area contributed by atoms with Crippen LogP contribution in [0.3, 0.4) is 0 Å². The normalized spacial score (nSPS) is 25.1. The van der Waals surface area contributed by atoms with E-state index in [0.717, 1.165) is 17.4 Å². The average Bonchev–Trinajstić information content (AvgIpc) is 2.56. The van der Waals surface area contributed by atoms with E-state index in [0.29, 0.717) is 0 Å². The summed E-state index contributed by atoms with van der Waals surface area (Å²) in [7, 11) is 3.88. The van der Waals surface area contributed by atoms with Crippen molar-refractivity contribution in [3.05, 3.63) is 35.4 Å². The highest BCUT2D eigenvalue weighted by Gasteiger charge is 2.32. The third-order valence-corrected chi connectivity index (χ3v) is 2.44. The smallest absolute Gasteiger partial charge is 0.153 e. The van der Waals surface area contributed by atoms with Gasteiger partial charge in [0.15, 0.2) is 6.29 Å². The highest BCUT2D eigenvalue weighted by atomic mass is 16.5. The predicted octanol–water partition coefficient (Wildman–Crippen LogP) is 1.52. The second-order valence-corrected chi connectivity index (χ2v) is 3.64. The molecule has 3 nitrogen and oxygen atoms in total. The Labute approximate surface area is 83.3 Å². The van der Waals surface area contributed by atoms with E-state index in [-0.39, 0.29) is 6.23 Å². The molecule has 0 amide bonds. The van der Waals surface area contributed by atoms with Gasteiger partial charge in [-0.25, -0.2) is 0 Å². The first-order valence-corrected chi connectivity index (χ1v) is 4.60. The van der Waals surface area contributed by atoms with Crippen molar-refractivity contribution in [2.75, 3.05) is 14.1 Å². The fourth-order valence-electron chi connectivity index (χ4n) is 1.79. The van der Waals surface area contributed by atoms with Crippen LogP contribution in [0.25, 0.3) is 0 Å². The molecular weight excluding hydrogens is 178 g/mol. The first-order chi connectivity index (χ1) is 6.74. The van der Waals surface area contributed by atoms with E-state index in [1.807, 2.05) is 43.3 Å². The average molecular weight is 191 g/mol. The van der Waals surface area contributed by atoms with Crippen molar-refractivity contribution in [3.63, 3.8) is 0 Å². The molecule has 0 saturated heterocycles. The predicted molar refractivity (Wildman–Crippen MR) is 52.8 cm³/mol. The number of hydrogen-bond acceptors (Lipinski definition) is 3. The number of aldehydes is 1. The number of ether oxygens (including phenoxy) is 1. The lowest BCUT2D eigenvalue weighted by atomic mass is 10.1.